The molecule has 0 radical (unpaired) electrons. The number of benzene rings is 1. The van der Waals surface area contributed by atoms with E-state index in [-0.39, 0.29) is 0 Å². The van der Waals surface area contributed by atoms with Crippen molar-refractivity contribution in [1.29, 1.82) is 0 Å². The van der Waals surface area contributed by atoms with Gasteiger partial charge in [0.1, 0.15) is 5.75 Å². The van der Waals surface area contributed by atoms with Crippen molar-refractivity contribution in [3.8, 4) is 5.75 Å². The third-order valence-corrected chi connectivity index (χ3v) is 3.25. The third kappa shape index (κ3) is 2.69. The van der Waals surface area contributed by atoms with Crippen LogP contribution in [-0.4, -0.2) is 18.2 Å². The number of nitrogens with zero attached hydrogens (tertiary/aromatic N) is 1. The molecule has 1 heterocycles. The van der Waals surface area contributed by atoms with Crippen LogP contribution in [0.2, 0.25) is 0 Å². The SMILES string of the molecule is CCCCc1cc(O)cc(N2CCCC2)c1. The van der Waals surface area contributed by atoms with Crippen LogP contribution in [0.4, 0.5) is 5.69 Å². The smallest absolute Gasteiger partial charge is 0.117 e. The van der Waals surface area contributed by atoms with E-state index < -0.39 is 0 Å². The fraction of sp³-hybridized carbons (Fsp3) is 0.571. The van der Waals surface area contributed by atoms with E-state index in [9.17, 15) is 5.11 Å². The van der Waals surface area contributed by atoms with Crippen LogP contribution in [0, 0.1) is 0 Å². The molecule has 0 aliphatic carbocycles. The molecule has 1 N–H and O–H groups in total. The van der Waals surface area contributed by atoms with Crippen molar-refractivity contribution in [2.45, 2.75) is 39.0 Å². The quantitative estimate of drug-likeness (QED) is 0.839. The number of phenols is 1. The van der Waals surface area contributed by atoms with Gasteiger partial charge in [0, 0.05) is 24.8 Å². The van der Waals surface area contributed by atoms with Crippen LogP contribution in [0.3, 0.4) is 0 Å². The summed E-state index contributed by atoms with van der Waals surface area (Å²) in [6, 6.07) is 6.02. The number of hydrogen-bond acceptors (Lipinski definition) is 2. The van der Waals surface area contributed by atoms with E-state index in [2.05, 4.69) is 17.9 Å². The topological polar surface area (TPSA) is 23.5 Å². The molecule has 2 heteroatoms. The largest absolute Gasteiger partial charge is 0.508 e. The Morgan fingerprint density at radius 3 is 2.62 bits per heavy atom. The van der Waals surface area contributed by atoms with Crippen molar-refractivity contribution in [3.63, 3.8) is 0 Å². The average Bonchev–Trinajstić information content (AvgIpc) is 2.79. The average molecular weight is 219 g/mol. The zero-order valence-electron chi connectivity index (χ0n) is 10.1. The normalized spacial score (nSPS) is 15.7. The van der Waals surface area contributed by atoms with Crippen molar-refractivity contribution >= 4 is 5.69 Å². The summed E-state index contributed by atoms with van der Waals surface area (Å²) in [7, 11) is 0. The molecule has 1 aliphatic rings. The lowest BCUT2D eigenvalue weighted by atomic mass is 10.1. The maximum atomic E-state index is 9.73. The summed E-state index contributed by atoms with van der Waals surface area (Å²) in [6.45, 7) is 4.47. The van der Waals surface area contributed by atoms with Gasteiger partial charge < -0.3 is 10.0 Å². The van der Waals surface area contributed by atoms with Gasteiger partial charge in [-0.1, -0.05) is 13.3 Å². The van der Waals surface area contributed by atoms with Crippen LogP contribution < -0.4 is 4.90 Å². The molecule has 0 atom stereocenters. The Hall–Kier alpha value is -1.18. The second-order valence-corrected chi connectivity index (χ2v) is 4.66. The van der Waals surface area contributed by atoms with Gasteiger partial charge in [-0.25, -0.2) is 0 Å². The molecule has 1 saturated heterocycles. The Kier molecular flexibility index (Phi) is 3.70. The van der Waals surface area contributed by atoms with E-state index in [1.807, 2.05) is 12.1 Å². The van der Waals surface area contributed by atoms with Crippen molar-refractivity contribution in [1.82, 2.24) is 0 Å². The molecule has 0 aromatic heterocycles. The lowest BCUT2D eigenvalue weighted by Gasteiger charge is -2.18. The second-order valence-electron chi connectivity index (χ2n) is 4.66. The minimum absolute atomic E-state index is 0.413. The molecule has 0 amide bonds. The van der Waals surface area contributed by atoms with Crippen molar-refractivity contribution in [3.05, 3.63) is 23.8 Å². The summed E-state index contributed by atoms with van der Waals surface area (Å²) < 4.78 is 0. The number of unbranched alkanes of at least 4 members (excludes halogenated alkanes) is 1. The predicted octanol–water partition coefficient (Wildman–Crippen LogP) is 3.34. The fourth-order valence-corrected chi connectivity index (χ4v) is 2.34. The third-order valence-electron chi connectivity index (χ3n) is 3.25. The van der Waals surface area contributed by atoms with Crippen LogP contribution in [0.5, 0.6) is 5.75 Å². The molecule has 2 nitrogen and oxygen atoms in total. The zero-order chi connectivity index (χ0) is 11.4. The van der Waals surface area contributed by atoms with E-state index in [0.29, 0.717) is 5.75 Å². The molecule has 0 bridgehead atoms. The first-order chi connectivity index (χ1) is 7.79. The molecule has 88 valence electrons. The van der Waals surface area contributed by atoms with Gasteiger partial charge in [-0.2, -0.15) is 0 Å². The summed E-state index contributed by atoms with van der Waals surface area (Å²) in [5, 5.41) is 9.73. The van der Waals surface area contributed by atoms with E-state index in [1.54, 1.807) is 0 Å². The molecule has 1 fully saturated rings. The lowest BCUT2D eigenvalue weighted by Crippen LogP contribution is -2.17. The van der Waals surface area contributed by atoms with E-state index in [1.165, 1.54) is 36.9 Å². The van der Waals surface area contributed by atoms with E-state index >= 15 is 0 Å². The number of aryl methyl sites for hydroxylation is 1. The van der Waals surface area contributed by atoms with Gasteiger partial charge in [0.15, 0.2) is 0 Å². The first kappa shape index (κ1) is 11.3. The molecular formula is C14H21NO. The van der Waals surface area contributed by atoms with Crippen LogP contribution in [0.1, 0.15) is 38.2 Å². The van der Waals surface area contributed by atoms with Crippen molar-refractivity contribution < 1.29 is 5.11 Å². The molecule has 16 heavy (non-hydrogen) atoms. The van der Waals surface area contributed by atoms with Crippen LogP contribution in [0.25, 0.3) is 0 Å². The van der Waals surface area contributed by atoms with Crippen LogP contribution in [0.15, 0.2) is 18.2 Å². The maximum Gasteiger partial charge on any atom is 0.117 e. The highest BCUT2D eigenvalue weighted by molar-refractivity contribution is 5.53. The Bertz CT molecular complexity index is 343. The van der Waals surface area contributed by atoms with Gasteiger partial charge >= 0.3 is 0 Å². The molecule has 1 aromatic carbocycles. The monoisotopic (exact) mass is 219 g/mol. The summed E-state index contributed by atoms with van der Waals surface area (Å²) >= 11 is 0. The van der Waals surface area contributed by atoms with Crippen LogP contribution >= 0.6 is 0 Å². The molecule has 0 unspecified atom stereocenters. The summed E-state index contributed by atoms with van der Waals surface area (Å²) in [5.41, 5.74) is 2.47. The Morgan fingerprint density at radius 2 is 1.94 bits per heavy atom. The highest BCUT2D eigenvalue weighted by atomic mass is 16.3. The predicted molar refractivity (Wildman–Crippen MR) is 68.2 cm³/mol. The Balaban J connectivity index is 2.14. The minimum atomic E-state index is 0.413. The molecule has 2 rings (SSSR count). The Morgan fingerprint density at radius 1 is 1.19 bits per heavy atom. The first-order valence-electron chi connectivity index (χ1n) is 6.37. The summed E-state index contributed by atoms with van der Waals surface area (Å²) in [4.78, 5) is 2.37. The lowest BCUT2D eigenvalue weighted by molar-refractivity contribution is 0.474. The summed E-state index contributed by atoms with van der Waals surface area (Å²) in [5.74, 6) is 0.413. The van der Waals surface area contributed by atoms with Crippen molar-refractivity contribution in [2.24, 2.45) is 0 Å². The molecule has 0 spiro atoms. The van der Waals surface area contributed by atoms with Gasteiger partial charge in [-0.15, -0.1) is 0 Å². The van der Waals surface area contributed by atoms with Gasteiger partial charge in [-0.3, -0.25) is 0 Å². The van der Waals surface area contributed by atoms with Gasteiger partial charge in [0.2, 0.25) is 0 Å². The molecular weight excluding hydrogens is 198 g/mol. The standard InChI is InChI=1S/C14H21NO/c1-2-3-6-12-9-13(11-14(16)10-12)15-7-4-5-8-15/h9-11,16H,2-8H2,1H3. The maximum absolute atomic E-state index is 9.73. The highest BCUT2D eigenvalue weighted by Gasteiger charge is 2.13. The van der Waals surface area contributed by atoms with Gasteiger partial charge in [-0.05, 0) is 43.4 Å². The first-order valence-corrected chi connectivity index (χ1v) is 6.37. The van der Waals surface area contributed by atoms with Crippen LogP contribution in [-0.2, 0) is 6.42 Å². The molecule has 1 aromatic rings. The molecule has 0 saturated carbocycles. The van der Waals surface area contributed by atoms with Gasteiger partial charge in [0.25, 0.3) is 0 Å². The number of phenolic OH excluding ortho intramolecular Hbond substituents is 1. The fourth-order valence-electron chi connectivity index (χ4n) is 2.34. The van der Waals surface area contributed by atoms with E-state index in [0.717, 1.165) is 19.5 Å². The second kappa shape index (κ2) is 5.24. The number of aromatic hydroxyl groups is 1. The highest BCUT2D eigenvalue weighted by Crippen LogP contribution is 2.26. The van der Waals surface area contributed by atoms with E-state index in [4.69, 9.17) is 0 Å². The molecule has 1 aliphatic heterocycles. The van der Waals surface area contributed by atoms with Crippen molar-refractivity contribution in [2.75, 3.05) is 18.0 Å². The number of anilines is 1. The minimum Gasteiger partial charge on any atom is -0.508 e. The number of hydrogen-bond donors (Lipinski definition) is 1. The number of rotatable bonds is 4. The zero-order valence-corrected chi connectivity index (χ0v) is 10.1. The summed E-state index contributed by atoms with van der Waals surface area (Å²) in [6.07, 6.45) is 6.03. The van der Waals surface area contributed by atoms with Gasteiger partial charge in [0.05, 0.1) is 0 Å². The Labute approximate surface area is 97.9 Å².